The van der Waals surface area contributed by atoms with Crippen LogP contribution in [0.1, 0.15) is 85.0 Å². The second-order valence-electron chi connectivity index (χ2n) is 4.67. The quantitative estimate of drug-likeness (QED) is 0.457. The second kappa shape index (κ2) is 31.1. The summed E-state index contributed by atoms with van der Waals surface area (Å²) in [5.41, 5.74) is 0. The summed E-state index contributed by atoms with van der Waals surface area (Å²) in [7, 11) is 0. The van der Waals surface area contributed by atoms with E-state index in [1.807, 2.05) is 13.8 Å². The first kappa shape index (κ1) is 24.5. The first-order chi connectivity index (χ1) is 9.24. The maximum Gasteiger partial charge on any atom is -0.0575 e. The normalized spacial score (nSPS) is 9.21. The minimum atomic E-state index is 0.0938. The maximum absolute atomic E-state index is 9.53. The van der Waals surface area contributed by atoms with E-state index in [9.17, 15) is 10.2 Å². The fourth-order valence-electron chi connectivity index (χ4n) is 1.21. The van der Waals surface area contributed by atoms with E-state index in [2.05, 4.69) is 23.2 Å². The smallest absolute Gasteiger partial charge is 0.0575 e. The van der Waals surface area contributed by atoms with Crippen LogP contribution in [0, 0.1) is 0 Å². The van der Waals surface area contributed by atoms with Gasteiger partial charge in [-0.3, -0.25) is 0 Å². The van der Waals surface area contributed by atoms with Gasteiger partial charge in [-0.1, -0.05) is 39.5 Å². The Kier molecular flexibility index (Phi) is 40.0. The van der Waals surface area contributed by atoms with Gasteiger partial charge in [0, 0.05) is 0 Å². The molecule has 0 radical (unpaired) electrons. The molecule has 0 saturated carbocycles. The Labute approximate surface area is 130 Å². The van der Waals surface area contributed by atoms with Crippen LogP contribution in [0.25, 0.3) is 0 Å². The molecule has 0 aliphatic heterocycles. The zero-order valence-electron chi connectivity index (χ0n) is 13.6. The summed E-state index contributed by atoms with van der Waals surface area (Å²) in [6.45, 7) is 6.47. The first-order valence-corrected chi connectivity index (χ1v) is 8.92. The van der Waals surface area contributed by atoms with Crippen molar-refractivity contribution in [1.82, 2.24) is 0 Å². The van der Waals surface area contributed by atoms with Crippen LogP contribution in [0.4, 0.5) is 0 Å². The summed E-state index contributed by atoms with van der Waals surface area (Å²) in [5.74, 6) is 0. The second-order valence-corrected chi connectivity index (χ2v) is 5.25. The summed E-state index contributed by atoms with van der Waals surface area (Å²) < 4.78 is 0. The molecule has 0 unspecified atom stereocenters. The molecule has 0 aromatic rings. The molecule has 0 aliphatic rings. The van der Waals surface area contributed by atoms with Gasteiger partial charge in [0.25, 0.3) is 0 Å². The van der Waals surface area contributed by atoms with Gasteiger partial charge in [0.1, 0.15) is 0 Å². The molecule has 2 nitrogen and oxygen atoms in total. The predicted octanol–water partition coefficient (Wildman–Crippen LogP) is 3.23. The summed E-state index contributed by atoms with van der Waals surface area (Å²) in [6.07, 6.45) is 12.2. The van der Waals surface area contributed by atoms with Gasteiger partial charge in [-0.25, -0.2) is 0 Å². The summed E-state index contributed by atoms with van der Waals surface area (Å²) in [4.78, 5) is 0. The fourth-order valence-corrected chi connectivity index (χ4v) is 1.50. The van der Waals surface area contributed by atoms with Crippen molar-refractivity contribution in [3.8, 4) is 0 Å². The van der Waals surface area contributed by atoms with Crippen LogP contribution in [0.5, 0.6) is 0 Å². The zero-order valence-corrected chi connectivity index (χ0v) is 14.7. The van der Waals surface area contributed by atoms with Crippen molar-refractivity contribution < 1.29 is 10.2 Å². The van der Waals surface area contributed by atoms with Gasteiger partial charge in [0.15, 0.2) is 0 Å². The third-order valence-electron chi connectivity index (χ3n) is 2.55. The molecule has 0 N–H and O–H groups in total. The van der Waals surface area contributed by atoms with E-state index in [4.69, 9.17) is 0 Å². The van der Waals surface area contributed by atoms with Crippen molar-refractivity contribution in [3.05, 3.63) is 0 Å². The molecule has 0 aromatic carbocycles. The van der Waals surface area contributed by atoms with E-state index in [-0.39, 0.29) is 13.2 Å². The molecule has 0 aromatic heterocycles. The maximum atomic E-state index is 9.53. The van der Waals surface area contributed by atoms with Crippen LogP contribution in [0.2, 0.25) is 5.28 Å². The molecule has 0 spiro atoms. The van der Waals surface area contributed by atoms with Gasteiger partial charge in [-0.15, -0.1) is 13.2 Å². The molecule has 0 atom stereocenters. The van der Waals surface area contributed by atoms with Crippen LogP contribution < -0.4 is 10.2 Å². The van der Waals surface area contributed by atoms with Crippen LogP contribution in [-0.4, -0.2) is 29.5 Å². The van der Waals surface area contributed by atoms with E-state index in [0.717, 1.165) is 25.7 Å². The summed E-state index contributed by atoms with van der Waals surface area (Å²) in [6, 6.07) is 0. The predicted molar refractivity (Wildman–Crippen MR) is 83.5 cm³/mol. The van der Waals surface area contributed by atoms with Gasteiger partial charge in [0.2, 0.25) is 0 Å². The Hall–Kier alpha value is 0.452. The fraction of sp³-hybridized carbons (Fsp3) is 1.00. The van der Waals surface area contributed by atoms with Crippen molar-refractivity contribution in [2.75, 3.05) is 13.2 Å². The van der Waals surface area contributed by atoms with E-state index in [0.29, 0.717) is 0 Å². The van der Waals surface area contributed by atoms with E-state index in [1.54, 1.807) is 0 Å². The van der Waals surface area contributed by atoms with E-state index >= 15 is 0 Å². The van der Waals surface area contributed by atoms with Gasteiger partial charge in [-0.2, -0.15) is 0 Å². The molecule has 114 valence electrons. The van der Waals surface area contributed by atoms with Gasteiger partial charge in [0.05, 0.1) is 0 Å². The van der Waals surface area contributed by atoms with Crippen LogP contribution in [0.15, 0.2) is 0 Å². The molecule has 0 heterocycles. The summed E-state index contributed by atoms with van der Waals surface area (Å²) >= 11 is 2.78. The van der Waals surface area contributed by atoms with Crippen LogP contribution in [-0.2, 0) is 0 Å². The molecular weight excluding hydrogens is 251 g/mol. The van der Waals surface area contributed by atoms with Crippen molar-refractivity contribution in [2.24, 2.45) is 0 Å². The molecule has 0 aliphatic carbocycles. The minimum Gasteiger partial charge on any atom is -0.854 e. The average Bonchev–Trinajstić information content (AvgIpc) is 2.42. The first-order valence-electron chi connectivity index (χ1n) is 8.11. The molecule has 0 rings (SSSR count). The minimum absolute atomic E-state index is 0.0938. The van der Waals surface area contributed by atoms with Gasteiger partial charge >= 0.3 is 67.0 Å². The average molecular weight is 286 g/mol. The third kappa shape index (κ3) is 45.7. The number of hydrogen-bond donors (Lipinski definition) is 0. The topological polar surface area (TPSA) is 46.1 Å². The Bertz CT molecular complexity index is 94.9. The van der Waals surface area contributed by atoms with Crippen molar-refractivity contribution in [2.45, 2.75) is 90.3 Å². The Morgan fingerprint density at radius 1 is 0.579 bits per heavy atom. The SMILES string of the molecule is CCCCCCC[CH2][Al+2].CCCC[O-].CCCC[O-]. The molecule has 3 heteroatoms. The van der Waals surface area contributed by atoms with E-state index in [1.165, 1.54) is 43.8 Å². The van der Waals surface area contributed by atoms with Crippen molar-refractivity contribution in [1.29, 1.82) is 0 Å². The largest absolute Gasteiger partial charge is 0.854 e. The zero-order chi connectivity index (χ0) is 15.2. The van der Waals surface area contributed by atoms with Crippen LogP contribution in [0.3, 0.4) is 0 Å². The van der Waals surface area contributed by atoms with Gasteiger partial charge < -0.3 is 10.2 Å². The van der Waals surface area contributed by atoms with Crippen molar-refractivity contribution >= 4 is 16.3 Å². The van der Waals surface area contributed by atoms with Crippen molar-refractivity contribution in [3.63, 3.8) is 0 Å². The molecule has 0 amide bonds. The van der Waals surface area contributed by atoms with Gasteiger partial charge in [-0.05, 0) is 0 Å². The molecule has 0 bridgehead atoms. The Morgan fingerprint density at radius 3 is 1.21 bits per heavy atom. The summed E-state index contributed by atoms with van der Waals surface area (Å²) in [5, 5.41) is 20.3. The molecular formula is C16H35AlO2. The molecule has 0 fully saturated rings. The molecule has 0 saturated heterocycles. The Morgan fingerprint density at radius 2 is 0.947 bits per heavy atom. The monoisotopic (exact) mass is 286 g/mol. The third-order valence-corrected chi connectivity index (χ3v) is 2.96. The number of unbranched alkanes of at least 4 members (excludes halogenated alkanes) is 7. The molecule has 19 heavy (non-hydrogen) atoms. The Balaban J connectivity index is -0.000000219. The number of rotatable bonds is 10. The van der Waals surface area contributed by atoms with E-state index < -0.39 is 0 Å². The van der Waals surface area contributed by atoms with Crippen LogP contribution >= 0.6 is 0 Å². The standard InChI is InChI=1S/C8H17.2C4H9O.Al/c1-3-5-7-8-6-4-2;2*1-2-3-4-5;/h1,3-8H2,2H3;2*2-4H2,1H3;/q;2*-1;+2. The number of hydrogen-bond acceptors (Lipinski definition) is 2.